The van der Waals surface area contributed by atoms with Crippen molar-refractivity contribution < 1.29 is 13.2 Å². The summed E-state index contributed by atoms with van der Waals surface area (Å²) in [4.78, 5) is 0.546. The van der Waals surface area contributed by atoms with Gasteiger partial charge in [0.1, 0.15) is 4.88 Å². The molecule has 0 aliphatic rings. The maximum absolute atomic E-state index is 12.2. The van der Waals surface area contributed by atoms with Crippen molar-refractivity contribution in [1.82, 2.24) is 0 Å². The molecule has 1 rings (SSSR count). The molecule has 0 unspecified atom stereocenters. The molecule has 0 bridgehead atoms. The van der Waals surface area contributed by atoms with E-state index in [0.29, 0.717) is 9.77 Å². The standard InChI is InChI=1S/C7H7F3S2.C2H6/c1-4-3-5(11-2)6(12-4)7(8,9)10;1-2/h3H,1-2H3;1-2H3. The number of aryl methyl sites for hydroxylation is 1. The highest BCUT2D eigenvalue weighted by molar-refractivity contribution is 7.98. The van der Waals surface area contributed by atoms with E-state index in [-0.39, 0.29) is 0 Å². The van der Waals surface area contributed by atoms with Crippen molar-refractivity contribution in [2.45, 2.75) is 31.8 Å². The van der Waals surface area contributed by atoms with Crippen LogP contribution in [0.15, 0.2) is 11.0 Å². The van der Waals surface area contributed by atoms with Crippen molar-refractivity contribution in [2.24, 2.45) is 0 Å². The SMILES string of the molecule is CC.CSc1cc(C)sc1C(F)(F)F. The van der Waals surface area contributed by atoms with Crippen molar-refractivity contribution in [2.75, 3.05) is 6.26 Å². The summed E-state index contributed by atoms with van der Waals surface area (Å²) in [5.41, 5.74) is 0. The van der Waals surface area contributed by atoms with E-state index >= 15 is 0 Å². The Morgan fingerprint density at radius 2 is 1.79 bits per heavy atom. The van der Waals surface area contributed by atoms with Gasteiger partial charge in [-0.25, -0.2) is 0 Å². The summed E-state index contributed by atoms with van der Waals surface area (Å²) in [5.74, 6) is 0. The molecule has 0 fully saturated rings. The fourth-order valence-corrected chi connectivity index (χ4v) is 2.66. The third-order valence-electron chi connectivity index (χ3n) is 1.30. The van der Waals surface area contributed by atoms with Gasteiger partial charge < -0.3 is 0 Å². The molecule has 0 spiro atoms. The second kappa shape index (κ2) is 5.66. The van der Waals surface area contributed by atoms with Crippen molar-refractivity contribution in [3.63, 3.8) is 0 Å². The second-order valence-electron chi connectivity index (χ2n) is 2.25. The van der Waals surface area contributed by atoms with E-state index in [1.165, 1.54) is 0 Å². The van der Waals surface area contributed by atoms with Crippen LogP contribution in [0.2, 0.25) is 0 Å². The van der Waals surface area contributed by atoms with Crippen molar-refractivity contribution in [3.05, 3.63) is 15.8 Å². The van der Waals surface area contributed by atoms with E-state index in [1.54, 1.807) is 19.2 Å². The Balaban J connectivity index is 0.000000791. The van der Waals surface area contributed by atoms with Gasteiger partial charge >= 0.3 is 6.18 Å². The van der Waals surface area contributed by atoms with Crippen LogP contribution in [0.4, 0.5) is 13.2 Å². The maximum Gasteiger partial charge on any atom is 0.426 e. The zero-order valence-electron chi connectivity index (χ0n) is 8.53. The Morgan fingerprint density at radius 1 is 1.29 bits per heavy atom. The van der Waals surface area contributed by atoms with Crippen molar-refractivity contribution in [3.8, 4) is 0 Å². The van der Waals surface area contributed by atoms with Crippen molar-refractivity contribution in [1.29, 1.82) is 0 Å². The van der Waals surface area contributed by atoms with Gasteiger partial charge in [0.2, 0.25) is 0 Å². The van der Waals surface area contributed by atoms with Gasteiger partial charge in [0.15, 0.2) is 0 Å². The quantitative estimate of drug-likeness (QED) is 0.636. The molecule has 82 valence electrons. The van der Waals surface area contributed by atoms with Crippen LogP contribution in [0, 0.1) is 6.92 Å². The van der Waals surface area contributed by atoms with Crippen LogP contribution in [-0.4, -0.2) is 6.26 Å². The van der Waals surface area contributed by atoms with Crippen LogP contribution < -0.4 is 0 Å². The summed E-state index contributed by atoms with van der Waals surface area (Å²) >= 11 is 1.93. The van der Waals surface area contributed by atoms with Crippen LogP contribution >= 0.6 is 23.1 Å². The van der Waals surface area contributed by atoms with Gasteiger partial charge in [0.25, 0.3) is 0 Å². The molecule has 0 saturated carbocycles. The molecule has 0 aliphatic heterocycles. The van der Waals surface area contributed by atoms with E-state index in [0.717, 1.165) is 23.1 Å². The number of hydrogen-bond donors (Lipinski definition) is 0. The number of alkyl halides is 3. The van der Waals surface area contributed by atoms with Gasteiger partial charge in [-0.2, -0.15) is 13.2 Å². The molecule has 0 amide bonds. The van der Waals surface area contributed by atoms with Crippen LogP contribution in [0.3, 0.4) is 0 Å². The third-order valence-corrected chi connectivity index (χ3v) is 3.28. The van der Waals surface area contributed by atoms with E-state index in [1.807, 2.05) is 13.8 Å². The molecule has 0 N–H and O–H groups in total. The Hall–Kier alpha value is -0.160. The second-order valence-corrected chi connectivity index (χ2v) is 4.36. The van der Waals surface area contributed by atoms with Crippen LogP contribution in [0.25, 0.3) is 0 Å². The lowest BCUT2D eigenvalue weighted by Crippen LogP contribution is -2.02. The first-order valence-corrected chi connectivity index (χ1v) is 6.21. The average Bonchev–Trinajstić information content (AvgIpc) is 2.49. The molecule has 0 nitrogen and oxygen atoms in total. The molecule has 1 aromatic rings. The highest BCUT2D eigenvalue weighted by atomic mass is 32.2. The van der Waals surface area contributed by atoms with Crippen LogP contribution in [0.1, 0.15) is 23.6 Å². The molecular formula is C9H13F3S2. The molecule has 1 heterocycles. The van der Waals surface area contributed by atoms with Gasteiger partial charge in [-0.05, 0) is 19.2 Å². The first-order valence-electron chi connectivity index (χ1n) is 4.16. The van der Waals surface area contributed by atoms with Crippen molar-refractivity contribution >= 4 is 23.1 Å². The zero-order valence-corrected chi connectivity index (χ0v) is 10.2. The minimum atomic E-state index is -4.20. The molecular weight excluding hydrogens is 229 g/mol. The third kappa shape index (κ3) is 3.53. The Bertz CT molecular complexity index is 276. The minimum absolute atomic E-state index is 0.324. The van der Waals surface area contributed by atoms with Crippen LogP contribution in [-0.2, 0) is 6.18 Å². The molecule has 0 aromatic carbocycles. The topological polar surface area (TPSA) is 0 Å². The number of rotatable bonds is 1. The van der Waals surface area contributed by atoms with E-state index < -0.39 is 11.1 Å². The average molecular weight is 242 g/mol. The summed E-state index contributed by atoms with van der Waals surface area (Å²) in [7, 11) is 0. The summed E-state index contributed by atoms with van der Waals surface area (Å²) in [5, 5.41) is 0. The number of thiophene rings is 1. The predicted octanol–water partition coefficient (Wildman–Crippen LogP) is 4.82. The van der Waals surface area contributed by atoms with E-state index in [4.69, 9.17) is 0 Å². The molecule has 1 aromatic heterocycles. The predicted molar refractivity (Wildman–Crippen MR) is 57.2 cm³/mol. The Kier molecular flexibility index (Phi) is 5.59. The normalized spacial score (nSPS) is 10.8. The number of halogens is 3. The van der Waals surface area contributed by atoms with Gasteiger partial charge in [-0.15, -0.1) is 23.1 Å². The minimum Gasteiger partial charge on any atom is -0.165 e. The molecule has 0 aliphatic carbocycles. The largest absolute Gasteiger partial charge is 0.426 e. The summed E-state index contributed by atoms with van der Waals surface area (Å²) in [6.45, 7) is 5.68. The Labute approximate surface area is 90.5 Å². The van der Waals surface area contributed by atoms with Crippen LogP contribution in [0.5, 0.6) is 0 Å². The van der Waals surface area contributed by atoms with Gasteiger partial charge in [-0.3, -0.25) is 0 Å². The number of hydrogen-bond acceptors (Lipinski definition) is 2. The fraction of sp³-hybridized carbons (Fsp3) is 0.556. The first-order chi connectivity index (χ1) is 6.45. The lowest BCUT2D eigenvalue weighted by Gasteiger charge is -2.04. The lowest BCUT2D eigenvalue weighted by molar-refractivity contribution is -0.136. The smallest absolute Gasteiger partial charge is 0.165 e. The highest BCUT2D eigenvalue weighted by Gasteiger charge is 2.35. The molecule has 0 saturated heterocycles. The summed E-state index contributed by atoms with van der Waals surface area (Å²) < 4.78 is 36.7. The lowest BCUT2D eigenvalue weighted by atomic mass is 10.4. The molecule has 0 radical (unpaired) electrons. The fourth-order valence-electron chi connectivity index (χ4n) is 0.840. The molecule has 0 atom stereocenters. The van der Waals surface area contributed by atoms with E-state index in [9.17, 15) is 13.2 Å². The monoisotopic (exact) mass is 242 g/mol. The molecule has 5 heteroatoms. The summed E-state index contributed by atoms with van der Waals surface area (Å²) in [6, 6.07) is 1.57. The van der Waals surface area contributed by atoms with E-state index in [2.05, 4.69) is 0 Å². The van der Waals surface area contributed by atoms with Gasteiger partial charge in [0, 0.05) is 9.77 Å². The highest BCUT2D eigenvalue weighted by Crippen LogP contribution is 2.41. The summed E-state index contributed by atoms with van der Waals surface area (Å²) in [6.07, 6.45) is -2.55. The van der Waals surface area contributed by atoms with Gasteiger partial charge in [0.05, 0.1) is 0 Å². The zero-order chi connectivity index (χ0) is 11.4. The Morgan fingerprint density at radius 3 is 2.07 bits per heavy atom. The maximum atomic E-state index is 12.2. The number of thioether (sulfide) groups is 1. The molecule has 14 heavy (non-hydrogen) atoms. The van der Waals surface area contributed by atoms with Gasteiger partial charge in [-0.1, -0.05) is 13.8 Å². The first kappa shape index (κ1) is 13.8.